The summed E-state index contributed by atoms with van der Waals surface area (Å²) < 4.78 is 0. The molecule has 0 saturated heterocycles. The van der Waals surface area contributed by atoms with E-state index in [1.807, 2.05) is 24.3 Å². The molecule has 0 bridgehead atoms. The Morgan fingerprint density at radius 1 is 1.12 bits per heavy atom. The molecule has 17 heavy (non-hydrogen) atoms. The van der Waals surface area contributed by atoms with Gasteiger partial charge >= 0.3 is 0 Å². The van der Waals surface area contributed by atoms with E-state index in [0.717, 1.165) is 30.5 Å². The first-order valence-electron chi connectivity index (χ1n) is 6.16. The van der Waals surface area contributed by atoms with Crippen molar-refractivity contribution in [2.75, 3.05) is 5.32 Å². The number of hydrogen-bond donors (Lipinski definition) is 2. The lowest BCUT2D eigenvalue weighted by Gasteiger charge is -2.34. The van der Waals surface area contributed by atoms with Gasteiger partial charge in [0.2, 0.25) is 0 Å². The predicted molar refractivity (Wildman–Crippen MR) is 67.8 cm³/mol. The number of para-hydroxylation sites is 1. The molecule has 1 aromatic carbocycles. The summed E-state index contributed by atoms with van der Waals surface area (Å²) in [7, 11) is 0. The van der Waals surface area contributed by atoms with Crippen molar-refractivity contribution in [2.45, 2.75) is 25.4 Å². The third kappa shape index (κ3) is 1.93. The topological polar surface area (TPSA) is 41.1 Å². The van der Waals surface area contributed by atoms with E-state index in [2.05, 4.69) is 22.8 Å². The van der Waals surface area contributed by atoms with E-state index in [0.29, 0.717) is 5.92 Å². The molecule has 2 unspecified atom stereocenters. The van der Waals surface area contributed by atoms with Crippen LogP contribution in [0.2, 0.25) is 0 Å². The summed E-state index contributed by atoms with van der Waals surface area (Å²) in [6, 6.07) is 7.68. The lowest BCUT2D eigenvalue weighted by Crippen LogP contribution is -2.49. The van der Waals surface area contributed by atoms with Gasteiger partial charge in [-0.15, -0.1) is 0 Å². The van der Waals surface area contributed by atoms with Gasteiger partial charge < -0.3 is 10.6 Å². The Kier molecular flexibility index (Phi) is 2.59. The first-order valence-corrected chi connectivity index (χ1v) is 6.16. The van der Waals surface area contributed by atoms with Crippen molar-refractivity contribution in [1.82, 2.24) is 5.32 Å². The van der Waals surface area contributed by atoms with E-state index in [1.54, 1.807) is 0 Å². The highest BCUT2D eigenvalue weighted by Crippen LogP contribution is 2.27. The molecule has 0 radical (unpaired) electrons. The Balaban J connectivity index is 1.83. The van der Waals surface area contributed by atoms with Gasteiger partial charge in [-0.25, -0.2) is 0 Å². The maximum Gasteiger partial charge on any atom is 0.254 e. The molecular formula is C14H16N2O. The quantitative estimate of drug-likeness (QED) is 0.725. The largest absolute Gasteiger partial charge is 0.364 e. The molecule has 0 spiro atoms. The fourth-order valence-corrected chi connectivity index (χ4v) is 2.59. The van der Waals surface area contributed by atoms with Crippen molar-refractivity contribution in [2.24, 2.45) is 5.92 Å². The van der Waals surface area contributed by atoms with Crippen molar-refractivity contribution >= 4 is 11.6 Å². The molecule has 88 valence electrons. The molecule has 1 aromatic rings. The highest BCUT2D eigenvalue weighted by molar-refractivity contribution is 6.01. The summed E-state index contributed by atoms with van der Waals surface area (Å²) in [5.41, 5.74) is 1.70. The average Bonchev–Trinajstić information content (AvgIpc) is 2.40. The molecule has 2 aliphatic rings. The number of nitrogens with one attached hydrogen (secondary N) is 2. The second-order valence-electron chi connectivity index (χ2n) is 4.69. The number of amides is 1. The molecule has 3 nitrogen and oxygen atoms in total. The van der Waals surface area contributed by atoms with E-state index in [9.17, 15) is 4.79 Å². The van der Waals surface area contributed by atoms with Gasteiger partial charge in [-0.3, -0.25) is 4.79 Å². The van der Waals surface area contributed by atoms with Crippen molar-refractivity contribution < 1.29 is 4.79 Å². The zero-order valence-corrected chi connectivity index (χ0v) is 9.65. The first-order chi connectivity index (χ1) is 8.34. The maximum absolute atomic E-state index is 12.0. The summed E-state index contributed by atoms with van der Waals surface area (Å²) in [6.45, 7) is 0. The average molecular weight is 228 g/mol. The summed E-state index contributed by atoms with van der Waals surface area (Å²) in [5, 5.41) is 6.49. The molecular weight excluding hydrogens is 212 g/mol. The zero-order chi connectivity index (χ0) is 11.7. The fraction of sp³-hybridized carbons (Fsp3) is 0.357. The Hall–Kier alpha value is -1.77. The van der Waals surface area contributed by atoms with Crippen molar-refractivity contribution in [3.8, 4) is 0 Å². The van der Waals surface area contributed by atoms with Gasteiger partial charge in [0.1, 0.15) is 6.17 Å². The van der Waals surface area contributed by atoms with E-state index >= 15 is 0 Å². The number of rotatable bonds is 1. The zero-order valence-electron chi connectivity index (χ0n) is 9.65. The van der Waals surface area contributed by atoms with Crippen LogP contribution in [0.15, 0.2) is 36.4 Å². The lowest BCUT2D eigenvalue weighted by molar-refractivity contribution is 0.0920. The van der Waals surface area contributed by atoms with Crippen LogP contribution in [0.4, 0.5) is 5.69 Å². The van der Waals surface area contributed by atoms with Gasteiger partial charge in [0.05, 0.1) is 5.56 Å². The van der Waals surface area contributed by atoms with Crippen LogP contribution in [0.5, 0.6) is 0 Å². The van der Waals surface area contributed by atoms with Gasteiger partial charge in [0.15, 0.2) is 0 Å². The van der Waals surface area contributed by atoms with E-state index in [1.165, 1.54) is 0 Å². The van der Waals surface area contributed by atoms with Gasteiger partial charge in [0, 0.05) is 11.6 Å². The van der Waals surface area contributed by atoms with Crippen LogP contribution in [0, 0.1) is 5.92 Å². The second kappa shape index (κ2) is 4.24. The number of hydrogen-bond acceptors (Lipinski definition) is 2. The SMILES string of the molecule is O=C1NC(C2CC=CCC2)Nc2ccccc21. The summed E-state index contributed by atoms with van der Waals surface area (Å²) in [4.78, 5) is 12.0. The third-order valence-corrected chi connectivity index (χ3v) is 3.55. The van der Waals surface area contributed by atoms with E-state index in [-0.39, 0.29) is 12.1 Å². The van der Waals surface area contributed by atoms with Crippen LogP contribution in [0.1, 0.15) is 29.6 Å². The highest BCUT2D eigenvalue weighted by atomic mass is 16.2. The minimum atomic E-state index is 0.0407. The molecule has 3 rings (SSSR count). The Morgan fingerprint density at radius 2 is 2.00 bits per heavy atom. The van der Waals surface area contributed by atoms with E-state index < -0.39 is 0 Å². The van der Waals surface area contributed by atoms with Crippen LogP contribution in [0.25, 0.3) is 0 Å². The number of allylic oxidation sites excluding steroid dienone is 2. The molecule has 1 heterocycles. The number of carbonyl (C=O) groups is 1. The third-order valence-electron chi connectivity index (χ3n) is 3.55. The monoisotopic (exact) mass is 228 g/mol. The Bertz CT molecular complexity index is 467. The first kappa shape index (κ1) is 10.4. The van der Waals surface area contributed by atoms with Gasteiger partial charge in [-0.1, -0.05) is 24.3 Å². The summed E-state index contributed by atoms with van der Waals surface area (Å²) >= 11 is 0. The van der Waals surface area contributed by atoms with Crippen LogP contribution in [-0.2, 0) is 0 Å². The molecule has 2 atom stereocenters. The normalized spacial score (nSPS) is 26.9. The Morgan fingerprint density at radius 3 is 2.82 bits per heavy atom. The molecule has 0 saturated carbocycles. The number of carbonyl (C=O) groups excluding carboxylic acids is 1. The molecule has 1 aliphatic heterocycles. The summed E-state index contributed by atoms with van der Waals surface area (Å²) in [6.07, 6.45) is 7.79. The summed E-state index contributed by atoms with van der Waals surface area (Å²) in [5.74, 6) is 0.538. The molecule has 0 fully saturated rings. The van der Waals surface area contributed by atoms with Crippen LogP contribution in [0.3, 0.4) is 0 Å². The molecule has 3 heteroatoms. The van der Waals surface area contributed by atoms with Crippen LogP contribution < -0.4 is 10.6 Å². The van der Waals surface area contributed by atoms with Gasteiger partial charge in [-0.05, 0) is 31.4 Å². The van der Waals surface area contributed by atoms with Crippen LogP contribution in [-0.4, -0.2) is 12.1 Å². The minimum absolute atomic E-state index is 0.0407. The molecule has 1 amide bonds. The lowest BCUT2D eigenvalue weighted by atomic mass is 9.90. The van der Waals surface area contributed by atoms with Crippen LogP contribution >= 0.6 is 0 Å². The van der Waals surface area contributed by atoms with Crippen molar-refractivity contribution in [3.63, 3.8) is 0 Å². The molecule has 1 aliphatic carbocycles. The minimum Gasteiger partial charge on any atom is -0.364 e. The predicted octanol–water partition coefficient (Wildman–Crippen LogP) is 2.52. The standard InChI is InChI=1S/C14H16N2O/c17-14-11-8-4-5-9-12(11)15-13(16-14)10-6-2-1-3-7-10/h1-2,4-5,8-10,13,15H,3,6-7H2,(H,16,17). The van der Waals surface area contributed by atoms with Gasteiger partial charge in [-0.2, -0.15) is 0 Å². The van der Waals surface area contributed by atoms with Crippen molar-refractivity contribution in [3.05, 3.63) is 42.0 Å². The maximum atomic E-state index is 12.0. The van der Waals surface area contributed by atoms with E-state index in [4.69, 9.17) is 0 Å². The Labute approximate surface area is 101 Å². The number of benzene rings is 1. The molecule has 0 aromatic heterocycles. The van der Waals surface area contributed by atoms with Crippen molar-refractivity contribution in [1.29, 1.82) is 0 Å². The molecule has 2 N–H and O–H groups in total. The number of anilines is 1. The second-order valence-corrected chi connectivity index (χ2v) is 4.69. The van der Waals surface area contributed by atoms with Gasteiger partial charge in [0.25, 0.3) is 5.91 Å². The highest BCUT2D eigenvalue weighted by Gasteiger charge is 2.28. The fourth-order valence-electron chi connectivity index (χ4n) is 2.59. The smallest absolute Gasteiger partial charge is 0.254 e. The number of fused-ring (bicyclic) bond motifs is 1.